The molecule has 2 aromatic heterocycles. The van der Waals surface area contributed by atoms with E-state index in [1.54, 1.807) is 17.2 Å². The number of amides is 1. The van der Waals surface area contributed by atoms with Crippen LogP contribution >= 0.6 is 0 Å². The third kappa shape index (κ3) is 3.46. The van der Waals surface area contributed by atoms with E-state index in [0.717, 1.165) is 12.1 Å². The highest BCUT2D eigenvalue weighted by Gasteiger charge is 2.28. The molecule has 22 heavy (non-hydrogen) atoms. The van der Waals surface area contributed by atoms with Crippen LogP contribution in [0.25, 0.3) is 0 Å². The second-order valence-corrected chi connectivity index (χ2v) is 4.85. The average Bonchev–Trinajstić information content (AvgIpc) is 3.24. The number of carbonyl (C=O) groups is 1. The molecular weight excluding hydrogens is 284 g/mol. The average molecular weight is 300 g/mol. The van der Waals surface area contributed by atoms with Crippen LogP contribution < -0.4 is 5.32 Å². The molecule has 0 bridgehead atoms. The molecule has 3 rings (SSSR count). The summed E-state index contributed by atoms with van der Waals surface area (Å²) < 4.78 is 1.72. The Morgan fingerprint density at radius 1 is 1.45 bits per heavy atom. The molecule has 1 atom stereocenters. The van der Waals surface area contributed by atoms with Crippen LogP contribution in [-0.4, -0.2) is 44.0 Å². The standard InChI is InChI=1S/C14H16N6O2/c21-14(17-6-3-7-20-10-15-9-18-20)13-8-12(19-22-13)11-4-1-2-5-16-11/h1-2,4-5,9-10,13H,3,6-8H2,(H,17,21). The molecule has 0 aromatic carbocycles. The van der Waals surface area contributed by atoms with Crippen molar-refractivity contribution < 1.29 is 9.63 Å². The van der Waals surface area contributed by atoms with Crippen molar-refractivity contribution in [1.82, 2.24) is 25.1 Å². The lowest BCUT2D eigenvalue weighted by Crippen LogP contribution is -2.35. The second kappa shape index (κ2) is 6.79. The highest BCUT2D eigenvalue weighted by molar-refractivity contribution is 6.02. The van der Waals surface area contributed by atoms with Gasteiger partial charge in [-0.05, 0) is 18.6 Å². The number of aryl methyl sites for hydroxylation is 1. The van der Waals surface area contributed by atoms with Gasteiger partial charge in [0.1, 0.15) is 18.4 Å². The molecule has 1 N–H and O–H groups in total. The lowest BCUT2D eigenvalue weighted by Gasteiger charge is -2.09. The van der Waals surface area contributed by atoms with Crippen LogP contribution in [-0.2, 0) is 16.2 Å². The monoisotopic (exact) mass is 300 g/mol. The molecule has 8 heteroatoms. The van der Waals surface area contributed by atoms with Crippen LogP contribution in [0.5, 0.6) is 0 Å². The molecule has 2 aromatic rings. The quantitative estimate of drug-likeness (QED) is 0.778. The summed E-state index contributed by atoms with van der Waals surface area (Å²) in [6, 6.07) is 5.56. The maximum absolute atomic E-state index is 12.0. The van der Waals surface area contributed by atoms with E-state index >= 15 is 0 Å². The fourth-order valence-electron chi connectivity index (χ4n) is 2.12. The molecule has 1 unspecified atom stereocenters. The number of carbonyl (C=O) groups excluding carboxylic acids is 1. The molecule has 0 saturated heterocycles. The molecule has 0 aliphatic carbocycles. The van der Waals surface area contributed by atoms with Crippen LogP contribution in [0.4, 0.5) is 0 Å². The topological polar surface area (TPSA) is 94.3 Å². The van der Waals surface area contributed by atoms with Gasteiger partial charge >= 0.3 is 0 Å². The summed E-state index contributed by atoms with van der Waals surface area (Å²) in [5.41, 5.74) is 1.44. The Balaban J connectivity index is 1.41. The van der Waals surface area contributed by atoms with Gasteiger partial charge in [0.05, 0.1) is 5.69 Å². The van der Waals surface area contributed by atoms with Crippen molar-refractivity contribution in [3.8, 4) is 0 Å². The molecule has 0 fully saturated rings. The summed E-state index contributed by atoms with van der Waals surface area (Å²) in [6.07, 6.45) is 5.45. The van der Waals surface area contributed by atoms with E-state index in [1.165, 1.54) is 6.33 Å². The van der Waals surface area contributed by atoms with Gasteiger partial charge in [-0.25, -0.2) is 4.98 Å². The van der Waals surface area contributed by atoms with Gasteiger partial charge in [0.15, 0.2) is 0 Å². The lowest BCUT2D eigenvalue weighted by atomic mass is 10.1. The molecule has 1 amide bonds. The number of pyridine rings is 1. The number of nitrogens with zero attached hydrogens (tertiary/aromatic N) is 5. The van der Waals surface area contributed by atoms with Gasteiger partial charge in [-0.3, -0.25) is 14.5 Å². The van der Waals surface area contributed by atoms with Gasteiger partial charge in [-0.1, -0.05) is 11.2 Å². The van der Waals surface area contributed by atoms with E-state index in [-0.39, 0.29) is 5.91 Å². The van der Waals surface area contributed by atoms with Crippen LogP contribution in [0.2, 0.25) is 0 Å². The molecule has 114 valence electrons. The molecule has 0 spiro atoms. The fourth-order valence-corrected chi connectivity index (χ4v) is 2.12. The molecule has 0 saturated carbocycles. The van der Waals surface area contributed by atoms with Gasteiger partial charge in [0, 0.05) is 25.7 Å². The van der Waals surface area contributed by atoms with E-state index in [0.29, 0.717) is 25.2 Å². The number of oxime groups is 1. The van der Waals surface area contributed by atoms with E-state index in [2.05, 4.69) is 25.5 Å². The Morgan fingerprint density at radius 2 is 2.41 bits per heavy atom. The summed E-state index contributed by atoms with van der Waals surface area (Å²) in [6.45, 7) is 1.26. The minimum Gasteiger partial charge on any atom is -0.382 e. The van der Waals surface area contributed by atoms with E-state index < -0.39 is 6.10 Å². The number of hydrogen-bond acceptors (Lipinski definition) is 6. The van der Waals surface area contributed by atoms with Gasteiger partial charge in [0.25, 0.3) is 5.91 Å². The Morgan fingerprint density at radius 3 is 3.18 bits per heavy atom. The summed E-state index contributed by atoms with van der Waals surface area (Å²) in [7, 11) is 0. The van der Waals surface area contributed by atoms with Crippen LogP contribution in [0.15, 0.2) is 42.2 Å². The number of nitrogens with one attached hydrogen (secondary N) is 1. The summed E-state index contributed by atoms with van der Waals surface area (Å²) >= 11 is 0. The fraction of sp³-hybridized carbons (Fsp3) is 0.357. The highest BCUT2D eigenvalue weighted by atomic mass is 16.6. The first-order chi connectivity index (χ1) is 10.8. The highest BCUT2D eigenvalue weighted by Crippen LogP contribution is 2.15. The first-order valence-corrected chi connectivity index (χ1v) is 7.07. The van der Waals surface area contributed by atoms with Crippen molar-refractivity contribution in [3.63, 3.8) is 0 Å². The molecule has 3 heterocycles. The van der Waals surface area contributed by atoms with Crippen molar-refractivity contribution in [2.24, 2.45) is 5.16 Å². The Bertz CT molecular complexity index is 641. The Kier molecular flexibility index (Phi) is 4.38. The van der Waals surface area contributed by atoms with Crippen molar-refractivity contribution in [2.45, 2.75) is 25.5 Å². The predicted octanol–water partition coefficient (Wildman–Crippen LogP) is 0.373. The molecular formula is C14H16N6O2. The van der Waals surface area contributed by atoms with Gasteiger partial charge in [-0.15, -0.1) is 0 Å². The largest absolute Gasteiger partial charge is 0.382 e. The maximum Gasteiger partial charge on any atom is 0.264 e. The number of rotatable bonds is 6. The SMILES string of the molecule is O=C(NCCCn1cncn1)C1CC(c2ccccn2)=NO1. The van der Waals surface area contributed by atoms with Crippen molar-refractivity contribution in [1.29, 1.82) is 0 Å². The Hall–Kier alpha value is -2.77. The molecule has 0 radical (unpaired) electrons. The van der Waals surface area contributed by atoms with E-state index in [9.17, 15) is 4.79 Å². The van der Waals surface area contributed by atoms with E-state index in [1.807, 2.05) is 18.2 Å². The van der Waals surface area contributed by atoms with Crippen LogP contribution in [0.1, 0.15) is 18.5 Å². The van der Waals surface area contributed by atoms with Crippen molar-refractivity contribution in [3.05, 3.63) is 42.7 Å². The van der Waals surface area contributed by atoms with Crippen molar-refractivity contribution >= 4 is 11.6 Å². The first-order valence-electron chi connectivity index (χ1n) is 7.07. The smallest absolute Gasteiger partial charge is 0.264 e. The zero-order valence-corrected chi connectivity index (χ0v) is 11.9. The number of aromatic nitrogens is 4. The minimum atomic E-state index is -0.580. The van der Waals surface area contributed by atoms with Gasteiger partial charge in [0.2, 0.25) is 6.10 Å². The van der Waals surface area contributed by atoms with Gasteiger partial charge in [-0.2, -0.15) is 5.10 Å². The van der Waals surface area contributed by atoms with E-state index in [4.69, 9.17) is 4.84 Å². The third-order valence-corrected chi connectivity index (χ3v) is 3.25. The normalized spacial score (nSPS) is 16.9. The Labute approximate surface area is 127 Å². The van der Waals surface area contributed by atoms with Crippen LogP contribution in [0.3, 0.4) is 0 Å². The molecule has 8 nitrogen and oxygen atoms in total. The lowest BCUT2D eigenvalue weighted by molar-refractivity contribution is -0.131. The second-order valence-electron chi connectivity index (χ2n) is 4.85. The zero-order valence-electron chi connectivity index (χ0n) is 11.9. The third-order valence-electron chi connectivity index (χ3n) is 3.25. The van der Waals surface area contributed by atoms with Crippen LogP contribution in [0, 0.1) is 0 Å². The summed E-state index contributed by atoms with van der Waals surface area (Å²) in [5, 5.41) is 10.8. The minimum absolute atomic E-state index is 0.159. The summed E-state index contributed by atoms with van der Waals surface area (Å²) in [4.78, 5) is 25.3. The van der Waals surface area contributed by atoms with Gasteiger partial charge < -0.3 is 10.2 Å². The first kappa shape index (κ1) is 14.2. The number of hydrogen-bond donors (Lipinski definition) is 1. The molecule has 1 aliphatic heterocycles. The molecule has 1 aliphatic rings. The van der Waals surface area contributed by atoms with Crippen molar-refractivity contribution in [2.75, 3.05) is 6.54 Å². The summed E-state index contributed by atoms with van der Waals surface area (Å²) in [5.74, 6) is -0.159. The zero-order chi connectivity index (χ0) is 15.2. The maximum atomic E-state index is 12.0. The predicted molar refractivity (Wildman–Crippen MR) is 77.9 cm³/mol.